The average molecular weight is 622 g/mol. The summed E-state index contributed by atoms with van der Waals surface area (Å²) in [6.07, 6.45) is 2.97. The number of aromatic amines is 1. The van der Waals surface area contributed by atoms with Crippen LogP contribution in [0, 0.1) is 10.5 Å². The molecule has 1 aliphatic heterocycles. The average Bonchev–Trinajstić information content (AvgIpc) is 3.60. The van der Waals surface area contributed by atoms with Gasteiger partial charge in [-0.05, 0) is 6.07 Å². The van der Waals surface area contributed by atoms with E-state index in [1.807, 2.05) is 73.3 Å². The van der Waals surface area contributed by atoms with Crippen molar-refractivity contribution in [3.63, 3.8) is 0 Å². The number of carbonyl (C=O) groups excluding carboxylic acids is 2. The van der Waals surface area contributed by atoms with Crippen LogP contribution in [0.5, 0.6) is 0 Å². The van der Waals surface area contributed by atoms with Crippen molar-refractivity contribution < 1.29 is 19.1 Å². The Bertz CT molecular complexity index is 1740. The zero-order valence-corrected chi connectivity index (χ0v) is 23.5. The number of hydrogen-bond acceptors (Lipinski definition) is 4. The van der Waals surface area contributed by atoms with E-state index >= 15 is 0 Å². The number of alkyl halides is 1. The summed E-state index contributed by atoms with van der Waals surface area (Å²) in [5.74, 6) is -0.246. The number of nitrogens with zero attached hydrogens (tertiary/aromatic N) is 2. The Morgan fingerprint density at radius 1 is 1.13 bits per heavy atom. The molecule has 1 atom stereocenters. The number of fused-ring (bicyclic) bond motifs is 3. The molecule has 1 aliphatic rings. The molecule has 0 saturated heterocycles. The molecule has 2 aromatic carbocycles. The standard InChI is InChI=1S/C29H27IN4O4/c1-16-15-31-27-22(35)14-25(30(2)26(16)27)34(4)29(37)21-12-18-11-19(9-10-20(18)33(21)3)32-28(36)24-13-17-7-5-6-8-23(17)38-24/h5-15,22,31,35H,1-4H3,(H,32,36). The number of aliphatic hydroxyl groups is 1. The molecule has 0 saturated carbocycles. The molecule has 38 heavy (non-hydrogen) atoms. The van der Waals surface area contributed by atoms with E-state index in [2.05, 4.69) is 15.2 Å². The minimum absolute atomic E-state index is 0.143. The first kappa shape index (κ1) is 24.5. The third-order valence-corrected chi connectivity index (χ3v) is 12.8. The monoisotopic (exact) mass is 622 g/mol. The number of H-pyrrole nitrogens is 1. The molecule has 2 amide bonds. The van der Waals surface area contributed by atoms with E-state index in [9.17, 15) is 14.7 Å². The molecule has 3 N–H and O–H groups in total. The summed E-state index contributed by atoms with van der Waals surface area (Å²) in [6, 6.07) is 16.6. The first-order valence-electron chi connectivity index (χ1n) is 12.1. The van der Waals surface area contributed by atoms with Crippen LogP contribution >= 0.6 is 19.8 Å². The number of benzene rings is 2. The fourth-order valence-electron chi connectivity index (χ4n) is 5.01. The van der Waals surface area contributed by atoms with Crippen LogP contribution in [0.15, 0.2) is 75.0 Å². The van der Waals surface area contributed by atoms with E-state index in [1.54, 1.807) is 24.1 Å². The number of carbonyl (C=O) groups is 2. The Morgan fingerprint density at radius 2 is 1.92 bits per heavy atom. The topological polar surface area (TPSA) is 104 Å². The summed E-state index contributed by atoms with van der Waals surface area (Å²) in [5, 5.41) is 15.3. The number of amides is 2. The third-order valence-electron chi connectivity index (χ3n) is 6.99. The zero-order chi connectivity index (χ0) is 26.7. The quantitative estimate of drug-likeness (QED) is 0.134. The SMILES string of the molecule is Cc1c[nH]c2c1I(C)C(N(C)C(=O)c1cc3cc(NC(=O)c4cc5ccccc5o4)ccc3n1C)=CC2O. The van der Waals surface area contributed by atoms with Crippen LogP contribution in [0.4, 0.5) is 5.69 Å². The second-order valence-electron chi connectivity index (χ2n) is 9.43. The number of halogens is 1. The first-order valence-corrected chi connectivity index (χ1v) is 16.4. The number of furan rings is 1. The van der Waals surface area contributed by atoms with Crippen LogP contribution in [0.3, 0.4) is 0 Å². The van der Waals surface area contributed by atoms with Gasteiger partial charge in [-0.25, -0.2) is 0 Å². The van der Waals surface area contributed by atoms with Gasteiger partial charge in [0.25, 0.3) is 0 Å². The van der Waals surface area contributed by atoms with Gasteiger partial charge in [-0.1, -0.05) is 18.2 Å². The van der Waals surface area contributed by atoms with Crippen molar-refractivity contribution in [1.29, 1.82) is 0 Å². The molecule has 0 spiro atoms. The van der Waals surface area contributed by atoms with Crippen LogP contribution in [0.1, 0.15) is 38.4 Å². The van der Waals surface area contributed by atoms with Crippen molar-refractivity contribution in [3.8, 4) is 0 Å². The number of aromatic nitrogens is 2. The molecule has 5 aromatic rings. The Balaban J connectivity index is 1.26. The van der Waals surface area contributed by atoms with Gasteiger partial charge in [0.15, 0.2) is 0 Å². The van der Waals surface area contributed by atoms with Crippen LogP contribution in [0.25, 0.3) is 21.9 Å². The predicted octanol–water partition coefficient (Wildman–Crippen LogP) is 5.78. The second-order valence-corrected chi connectivity index (χ2v) is 14.3. The van der Waals surface area contributed by atoms with E-state index in [1.165, 1.54) is 3.57 Å². The number of rotatable bonds is 4. The van der Waals surface area contributed by atoms with Crippen LogP contribution in [-0.4, -0.2) is 43.4 Å². The van der Waals surface area contributed by atoms with E-state index in [4.69, 9.17) is 4.42 Å². The summed E-state index contributed by atoms with van der Waals surface area (Å²) in [6.45, 7) is 2.04. The number of para-hydroxylation sites is 1. The van der Waals surface area contributed by atoms with Gasteiger partial charge in [-0.3, -0.25) is 0 Å². The van der Waals surface area contributed by atoms with Gasteiger partial charge < -0.3 is 0 Å². The second kappa shape index (κ2) is 9.17. The Hall–Kier alpha value is -3.83. The van der Waals surface area contributed by atoms with E-state index < -0.39 is 25.9 Å². The number of aliphatic hydroxyl groups excluding tert-OH is 1. The number of hydrogen-bond donors (Lipinski definition) is 3. The number of anilines is 1. The van der Waals surface area contributed by atoms with Crippen molar-refractivity contribution >= 4 is 59.2 Å². The van der Waals surface area contributed by atoms with Crippen LogP contribution in [-0.2, 0) is 7.05 Å². The van der Waals surface area contributed by atoms with Crippen LogP contribution < -0.4 is 5.32 Å². The van der Waals surface area contributed by atoms with Gasteiger partial charge in [0.05, 0.1) is 0 Å². The van der Waals surface area contributed by atoms with E-state index in [0.717, 1.165) is 31.3 Å². The molecular weight excluding hydrogens is 595 g/mol. The van der Waals surface area contributed by atoms with Crippen molar-refractivity contribution in [2.45, 2.75) is 13.0 Å². The fraction of sp³-hybridized carbons (Fsp3) is 0.172. The molecule has 194 valence electrons. The summed E-state index contributed by atoms with van der Waals surface area (Å²) < 4.78 is 9.63. The van der Waals surface area contributed by atoms with Gasteiger partial charge in [0.2, 0.25) is 0 Å². The predicted molar refractivity (Wildman–Crippen MR) is 156 cm³/mol. The van der Waals surface area contributed by atoms with Gasteiger partial charge in [-0.2, -0.15) is 0 Å². The Kier molecular flexibility index (Phi) is 5.92. The van der Waals surface area contributed by atoms with Gasteiger partial charge >= 0.3 is 192 Å². The Morgan fingerprint density at radius 3 is 2.71 bits per heavy atom. The number of nitrogens with one attached hydrogen (secondary N) is 2. The fourth-order valence-corrected chi connectivity index (χ4v) is 10.5. The van der Waals surface area contributed by atoms with Crippen LogP contribution in [0.2, 0.25) is 0 Å². The van der Waals surface area contributed by atoms with Crippen molar-refractivity contribution in [1.82, 2.24) is 14.5 Å². The molecule has 3 aromatic heterocycles. The van der Waals surface area contributed by atoms with Crippen molar-refractivity contribution in [3.05, 3.63) is 96.9 Å². The molecule has 0 aliphatic carbocycles. The zero-order valence-electron chi connectivity index (χ0n) is 21.4. The summed E-state index contributed by atoms with van der Waals surface area (Å²) in [5.41, 5.74) is 4.64. The minimum atomic E-state index is -1.89. The van der Waals surface area contributed by atoms with Gasteiger partial charge in [-0.15, -0.1) is 0 Å². The molecule has 9 heteroatoms. The maximum atomic E-state index is 13.7. The summed E-state index contributed by atoms with van der Waals surface area (Å²) >= 11 is -1.89. The third kappa shape index (κ3) is 3.93. The van der Waals surface area contributed by atoms with E-state index in [-0.39, 0.29) is 17.6 Å². The van der Waals surface area contributed by atoms with Crippen molar-refractivity contribution in [2.75, 3.05) is 17.3 Å². The summed E-state index contributed by atoms with van der Waals surface area (Å²) in [7, 11) is 3.63. The normalized spacial score (nSPS) is 16.0. The Labute approximate surface area is 226 Å². The molecule has 0 radical (unpaired) electrons. The van der Waals surface area contributed by atoms with Gasteiger partial charge in [0.1, 0.15) is 5.58 Å². The molecule has 1 unspecified atom stereocenters. The van der Waals surface area contributed by atoms with E-state index in [0.29, 0.717) is 17.0 Å². The molecule has 4 heterocycles. The first-order chi connectivity index (χ1) is 18.2. The molecule has 0 fully saturated rings. The van der Waals surface area contributed by atoms with Crippen molar-refractivity contribution in [2.24, 2.45) is 7.05 Å². The molecule has 6 rings (SSSR count). The molecular formula is C29H27IN4O4. The maximum absolute atomic E-state index is 13.7. The summed E-state index contributed by atoms with van der Waals surface area (Å²) in [4.78, 5) is 33.6. The number of aryl methyl sites for hydroxylation is 2. The van der Waals surface area contributed by atoms with Gasteiger partial charge in [0, 0.05) is 5.39 Å². The molecule has 0 bridgehead atoms. The molecule has 8 nitrogen and oxygen atoms in total.